The van der Waals surface area contributed by atoms with Crippen molar-refractivity contribution in [2.45, 2.75) is 19.9 Å². The molecule has 3 nitrogen and oxygen atoms in total. The minimum atomic E-state index is -0.776. The van der Waals surface area contributed by atoms with Gasteiger partial charge in [-0.1, -0.05) is 31.2 Å². The number of hydrogen-bond acceptors (Lipinski definition) is 2. The summed E-state index contributed by atoms with van der Waals surface area (Å²) in [5, 5.41) is 8.77. The van der Waals surface area contributed by atoms with E-state index in [2.05, 4.69) is 11.8 Å². The lowest BCUT2D eigenvalue weighted by molar-refractivity contribution is -0.136. The van der Waals surface area contributed by atoms with E-state index in [9.17, 15) is 4.79 Å². The number of rotatable bonds is 5. The molecule has 0 heterocycles. The van der Waals surface area contributed by atoms with Crippen molar-refractivity contribution in [3.63, 3.8) is 0 Å². The first kappa shape index (κ1) is 11.7. The maximum absolute atomic E-state index is 10.7. The smallest absolute Gasteiger partial charge is 0.307 e. The van der Waals surface area contributed by atoms with Crippen LogP contribution >= 0.6 is 0 Å². The fourth-order valence-electron chi connectivity index (χ4n) is 1.45. The highest BCUT2D eigenvalue weighted by atomic mass is 16.4. The van der Waals surface area contributed by atoms with Crippen LogP contribution < -0.4 is 0 Å². The van der Waals surface area contributed by atoms with Gasteiger partial charge in [0.1, 0.15) is 0 Å². The summed E-state index contributed by atoms with van der Waals surface area (Å²) in [5.74, 6) is -0.776. The molecular weight excluding hydrogens is 190 g/mol. The number of carboxylic acids is 1. The predicted molar refractivity (Wildman–Crippen MR) is 59.8 cm³/mol. The van der Waals surface area contributed by atoms with Crippen LogP contribution in [0.5, 0.6) is 0 Å². The van der Waals surface area contributed by atoms with E-state index in [1.807, 2.05) is 31.3 Å². The maximum atomic E-state index is 10.7. The number of aliphatic carboxylic acids is 1. The molecule has 0 atom stereocenters. The molecule has 0 aromatic heterocycles. The maximum Gasteiger partial charge on any atom is 0.307 e. The van der Waals surface area contributed by atoms with Gasteiger partial charge in [-0.25, -0.2) is 0 Å². The Kier molecular flexibility index (Phi) is 4.31. The fourth-order valence-corrected chi connectivity index (χ4v) is 1.45. The molecule has 0 fully saturated rings. The van der Waals surface area contributed by atoms with Gasteiger partial charge >= 0.3 is 5.97 Å². The van der Waals surface area contributed by atoms with Crippen molar-refractivity contribution < 1.29 is 9.90 Å². The highest BCUT2D eigenvalue weighted by molar-refractivity contribution is 5.70. The summed E-state index contributed by atoms with van der Waals surface area (Å²) in [5.41, 5.74) is 2.01. The van der Waals surface area contributed by atoms with Crippen molar-refractivity contribution in [3.05, 3.63) is 35.4 Å². The molecule has 15 heavy (non-hydrogen) atoms. The van der Waals surface area contributed by atoms with Crippen LogP contribution in [0.3, 0.4) is 0 Å². The molecule has 0 spiro atoms. The molecule has 0 aliphatic heterocycles. The van der Waals surface area contributed by atoms with Crippen molar-refractivity contribution in [1.29, 1.82) is 0 Å². The molecule has 1 aromatic rings. The summed E-state index contributed by atoms with van der Waals surface area (Å²) < 4.78 is 0. The van der Waals surface area contributed by atoms with Gasteiger partial charge in [-0.15, -0.1) is 0 Å². The van der Waals surface area contributed by atoms with Crippen molar-refractivity contribution in [3.8, 4) is 0 Å². The quantitative estimate of drug-likeness (QED) is 0.800. The zero-order chi connectivity index (χ0) is 11.3. The predicted octanol–water partition coefficient (Wildman–Crippen LogP) is 1.77. The zero-order valence-corrected chi connectivity index (χ0v) is 9.23. The number of hydrogen-bond donors (Lipinski definition) is 1. The number of nitrogens with zero attached hydrogens (tertiary/aromatic N) is 1. The lowest BCUT2D eigenvalue weighted by atomic mass is 10.0. The fraction of sp³-hybridized carbons (Fsp3) is 0.417. The second-order valence-electron chi connectivity index (χ2n) is 3.67. The normalized spacial score (nSPS) is 10.6. The van der Waals surface area contributed by atoms with E-state index < -0.39 is 5.97 Å². The third-order valence-electron chi connectivity index (χ3n) is 2.44. The largest absolute Gasteiger partial charge is 0.481 e. The van der Waals surface area contributed by atoms with E-state index in [0.717, 1.165) is 24.2 Å². The summed E-state index contributed by atoms with van der Waals surface area (Å²) in [6, 6.07) is 7.70. The third-order valence-corrected chi connectivity index (χ3v) is 2.44. The molecule has 1 rings (SSSR count). The molecule has 0 aliphatic rings. The standard InChI is InChI=1S/C12H17NO2/c1-3-13(2)9-11-7-5-4-6-10(11)8-12(14)15/h4-7H,3,8-9H2,1-2H3,(H,14,15). The van der Waals surface area contributed by atoms with E-state index in [1.54, 1.807) is 0 Å². The lowest BCUT2D eigenvalue weighted by Crippen LogP contribution is -2.18. The van der Waals surface area contributed by atoms with Crippen LogP contribution in [0.25, 0.3) is 0 Å². The third kappa shape index (κ3) is 3.72. The molecule has 0 saturated heterocycles. The molecule has 0 bridgehead atoms. The van der Waals surface area contributed by atoms with Gasteiger partial charge in [-0.05, 0) is 24.7 Å². The van der Waals surface area contributed by atoms with Gasteiger partial charge in [-0.3, -0.25) is 4.79 Å². The first-order chi connectivity index (χ1) is 7.13. The summed E-state index contributed by atoms with van der Waals surface area (Å²) in [6.07, 6.45) is 0.105. The van der Waals surface area contributed by atoms with Gasteiger partial charge in [0.2, 0.25) is 0 Å². The first-order valence-corrected chi connectivity index (χ1v) is 5.10. The molecule has 0 unspecified atom stereocenters. The van der Waals surface area contributed by atoms with Crippen molar-refractivity contribution in [2.75, 3.05) is 13.6 Å². The highest BCUT2D eigenvalue weighted by Crippen LogP contribution is 2.11. The SMILES string of the molecule is CCN(C)Cc1ccccc1CC(=O)O. The number of benzene rings is 1. The summed E-state index contributed by atoms with van der Waals surface area (Å²) >= 11 is 0. The summed E-state index contributed by atoms with van der Waals surface area (Å²) in [4.78, 5) is 12.8. The minimum absolute atomic E-state index is 0.105. The van der Waals surface area contributed by atoms with Crippen LogP contribution in [0.2, 0.25) is 0 Å². The van der Waals surface area contributed by atoms with Crippen molar-refractivity contribution in [1.82, 2.24) is 4.90 Å². The Morgan fingerprint density at radius 3 is 2.47 bits per heavy atom. The molecular formula is C12H17NO2. The van der Waals surface area contributed by atoms with Gasteiger partial charge in [0, 0.05) is 6.54 Å². The van der Waals surface area contributed by atoms with Crippen LogP contribution in [0.1, 0.15) is 18.1 Å². The summed E-state index contributed by atoms with van der Waals surface area (Å²) in [7, 11) is 2.03. The van der Waals surface area contributed by atoms with Gasteiger partial charge in [0.05, 0.1) is 6.42 Å². The Labute approximate surface area is 90.3 Å². The van der Waals surface area contributed by atoms with Crippen LogP contribution in [0.15, 0.2) is 24.3 Å². The average Bonchev–Trinajstić information content (AvgIpc) is 2.20. The zero-order valence-electron chi connectivity index (χ0n) is 9.23. The first-order valence-electron chi connectivity index (χ1n) is 5.10. The van der Waals surface area contributed by atoms with Gasteiger partial charge in [-0.2, -0.15) is 0 Å². The van der Waals surface area contributed by atoms with E-state index in [0.29, 0.717) is 0 Å². The Bertz CT molecular complexity index is 336. The molecule has 0 amide bonds. The second kappa shape index (κ2) is 5.51. The van der Waals surface area contributed by atoms with E-state index in [4.69, 9.17) is 5.11 Å². The number of carboxylic acid groups (broad SMARTS) is 1. The number of carbonyl (C=O) groups is 1. The monoisotopic (exact) mass is 207 g/mol. The molecule has 3 heteroatoms. The van der Waals surface area contributed by atoms with Gasteiger partial charge < -0.3 is 10.0 Å². The van der Waals surface area contributed by atoms with Crippen molar-refractivity contribution >= 4 is 5.97 Å². The Morgan fingerprint density at radius 1 is 1.33 bits per heavy atom. The van der Waals surface area contributed by atoms with Crippen molar-refractivity contribution in [2.24, 2.45) is 0 Å². The Balaban J connectivity index is 2.81. The van der Waals surface area contributed by atoms with Crippen LogP contribution in [0, 0.1) is 0 Å². The highest BCUT2D eigenvalue weighted by Gasteiger charge is 2.07. The summed E-state index contributed by atoms with van der Waals surface area (Å²) in [6.45, 7) is 3.85. The molecule has 0 radical (unpaired) electrons. The van der Waals surface area contributed by atoms with Crippen LogP contribution in [-0.2, 0) is 17.8 Å². The Hall–Kier alpha value is -1.35. The lowest BCUT2D eigenvalue weighted by Gasteiger charge is -2.16. The topological polar surface area (TPSA) is 40.5 Å². The van der Waals surface area contributed by atoms with Crippen LogP contribution in [-0.4, -0.2) is 29.6 Å². The van der Waals surface area contributed by atoms with E-state index >= 15 is 0 Å². The molecule has 1 aromatic carbocycles. The minimum Gasteiger partial charge on any atom is -0.481 e. The van der Waals surface area contributed by atoms with Crippen LogP contribution in [0.4, 0.5) is 0 Å². The molecule has 0 saturated carbocycles. The van der Waals surface area contributed by atoms with E-state index in [-0.39, 0.29) is 6.42 Å². The van der Waals surface area contributed by atoms with Gasteiger partial charge in [0.25, 0.3) is 0 Å². The average molecular weight is 207 g/mol. The van der Waals surface area contributed by atoms with E-state index in [1.165, 1.54) is 0 Å². The Morgan fingerprint density at radius 2 is 1.93 bits per heavy atom. The molecule has 0 aliphatic carbocycles. The molecule has 82 valence electrons. The molecule has 1 N–H and O–H groups in total. The van der Waals surface area contributed by atoms with Gasteiger partial charge in [0.15, 0.2) is 0 Å². The second-order valence-corrected chi connectivity index (χ2v) is 3.67.